The maximum Gasteiger partial charge on any atom is 0.307 e. The van der Waals surface area contributed by atoms with Crippen LogP contribution in [0, 0.1) is 10.1 Å². The monoisotopic (exact) mass is 459 g/mol. The number of carbonyl (C=O) groups excluding carboxylic acids is 1. The molecule has 9 heteroatoms. The molecule has 0 aliphatic rings. The van der Waals surface area contributed by atoms with E-state index in [1.807, 2.05) is 13.0 Å². The Hall–Kier alpha value is -4.66. The summed E-state index contributed by atoms with van der Waals surface area (Å²) in [5.41, 5.74) is 4.65. The van der Waals surface area contributed by atoms with E-state index in [0.29, 0.717) is 23.7 Å². The van der Waals surface area contributed by atoms with Crippen LogP contribution in [0.4, 0.5) is 5.69 Å². The number of non-ortho nitro benzene ring substituents is 1. The lowest BCUT2D eigenvalue weighted by Gasteiger charge is -2.06. The zero-order valence-electron chi connectivity index (χ0n) is 18.3. The average Bonchev–Trinajstić information content (AvgIpc) is 3.28. The van der Waals surface area contributed by atoms with Crippen LogP contribution >= 0.6 is 0 Å². The molecule has 4 aromatic rings. The fourth-order valence-corrected chi connectivity index (χ4v) is 3.14. The molecule has 0 bridgehead atoms. The molecule has 1 heterocycles. The van der Waals surface area contributed by atoms with E-state index in [9.17, 15) is 14.9 Å². The van der Waals surface area contributed by atoms with Crippen molar-refractivity contribution in [3.63, 3.8) is 0 Å². The van der Waals surface area contributed by atoms with Crippen LogP contribution in [0.5, 0.6) is 11.5 Å². The number of furan rings is 1. The molecule has 4 rings (SSSR count). The molecule has 0 saturated heterocycles. The molecule has 0 spiro atoms. The molecule has 1 amide bonds. The third-order valence-corrected chi connectivity index (χ3v) is 4.84. The van der Waals surface area contributed by atoms with Crippen LogP contribution in [0.2, 0.25) is 0 Å². The summed E-state index contributed by atoms with van der Waals surface area (Å²) in [6, 6.07) is 20.3. The van der Waals surface area contributed by atoms with E-state index in [1.54, 1.807) is 54.6 Å². The number of carbonyl (C=O) groups is 1. The molecule has 0 radical (unpaired) electrons. The smallest absolute Gasteiger partial charge is 0.307 e. The van der Waals surface area contributed by atoms with Crippen LogP contribution in [0.15, 0.2) is 82.3 Å². The van der Waals surface area contributed by atoms with Crippen molar-refractivity contribution in [2.24, 2.45) is 5.10 Å². The van der Waals surface area contributed by atoms with Crippen LogP contribution < -0.4 is 14.9 Å². The second-order valence-electron chi connectivity index (χ2n) is 7.22. The van der Waals surface area contributed by atoms with Crippen LogP contribution in [0.3, 0.4) is 0 Å². The Morgan fingerprint density at radius 2 is 1.76 bits per heavy atom. The Morgan fingerprint density at radius 3 is 2.47 bits per heavy atom. The average molecular weight is 459 g/mol. The highest BCUT2D eigenvalue weighted by molar-refractivity contribution is 5.96. The number of hydrazone groups is 1. The Balaban J connectivity index is 1.30. The van der Waals surface area contributed by atoms with Crippen molar-refractivity contribution in [3.8, 4) is 11.5 Å². The van der Waals surface area contributed by atoms with Gasteiger partial charge >= 0.3 is 5.91 Å². The number of nitro groups is 1. The minimum Gasteiger partial charge on any atom is -0.494 e. The lowest BCUT2D eigenvalue weighted by molar-refractivity contribution is -0.384. The van der Waals surface area contributed by atoms with E-state index in [2.05, 4.69) is 10.5 Å². The van der Waals surface area contributed by atoms with Gasteiger partial charge in [0.1, 0.15) is 23.7 Å². The second-order valence-corrected chi connectivity index (χ2v) is 7.22. The van der Waals surface area contributed by atoms with Gasteiger partial charge in [0.25, 0.3) is 5.69 Å². The number of hydrogen-bond acceptors (Lipinski definition) is 7. The van der Waals surface area contributed by atoms with E-state index in [0.717, 1.165) is 16.5 Å². The van der Waals surface area contributed by atoms with Gasteiger partial charge in [-0.15, -0.1) is 0 Å². The van der Waals surface area contributed by atoms with Crippen LogP contribution in [0.1, 0.15) is 28.6 Å². The van der Waals surface area contributed by atoms with Crippen molar-refractivity contribution in [2.45, 2.75) is 13.5 Å². The second kappa shape index (κ2) is 10.3. The number of fused-ring (bicyclic) bond motifs is 1. The van der Waals surface area contributed by atoms with Gasteiger partial charge in [0.15, 0.2) is 5.76 Å². The van der Waals surface area contributed by atoms with E-state index >= 15 is 0 Å². The molecular weight excluding hydrogens is 438 g/mol. The van der Waals surface area contributed by atoms with Gasteiger partial charge in [0.05, 0.1) is 17.7 Å². The van der Waals surface area contributed by atoms with Crippen LogP contribution in [0.25, 0.3) is 11.0 Å². The van der Waals surface area contributed by atoms with Crippen molar-refractivity contribution < 1.29 is 23.6 Å². The highest BCUT2D eigenvalue weighted by atomic mass is 16.6. The fraction of sp³-hybridized carbons (Fsp3) is 0.120. The van der Waals surface area contributed by atoms with Crippen LogP contribution in [-0.2, 0) is 6.61 Å². The number of amides is 1. The lowest BCUT2D eigenvalue weighted by atomic mass is 10.2. The van der Waals surface area contributed by atoms with E-state index in [-0.39, 0.29) is 18.1 Å². The van der Waals surface area contributed by atoms with Gasteiger partial charge in [0.2, 0.25) is 0 Å². The summed E-state index contributed by atoms with van der Waals surface area (Å²) >= 11 is 0. The molecule has 0 aliphatic carbocycles. The number of benzene rings is 3. The third kappa shape index (κ3) is 5.57. The maximum absolute atomic E-state index is 12.3. The van der Waals surface area contributed by atoms with Gasteiger partial charge in [-0.2, -0.15) is 5.10 Å². The van der Waals surface area contributed by atoms with E-state index < -0.39 is 10.8 Å². The predicted octanol–water partition coefficient (Wildman–Crippen LogP) is 5.08. The van der Waals surface area contributed by atoms with Crippen molar-refractivity contribution in [2.75, 3.05) is 6.61 Å². The quantitative estimate of drug-likeness (QED) is 0.212. The molecular formula is C25H21N3O6. The number of nitro benzene ring substituents is 1. The first-order chi connectivity index (χ1) is 16.5. The van der Waals surface area contributed by atoms with Crippen molar-refractivity contribution in [1.82, 2.24) is 5.43 Å². The lowest BCUT2D eigenvalue weighted by Crippen LogP contribution is -2.16. The summed E-state index contributed by atoms with van der Waals surface area (Å²) in [6.07, 6.45) is 1.51. The van der Waals surface area contributed by atoms with Gasteiger partial charge in [-0.1, -0.05) is 0 Å². The Kier molecular flexibility index (Phi) is 6.83. The number of nitrogens with one attached hydrogen (secondary N) is 1. The minimum atomic E-state index is -0.464. The number of ether oxygens (including phenoxy) is 2. The molecule has 1 aromatic heterocycles. The standard InChI is InChI=1S/C25H21N3O6/c1-2-32-22-11-12-23-19(13-22)14-24(34-23)25(29)27-26-15-17-5-9-21(10-6-17)33-16-18-3-7-20(8-4-18)28(30)31/h3-15H,2,16H2,1H3,(H,27,29)/b26-15+. The zero-order valence-corrected chi connectivity index (χ0v) is 18.3. The van der Waals surface area contributed by atoms with Gasteiger partial charge in [-0.3, -0.25) is 14.9 Å². The molecule has 172 valence electrons. The Labute approximate surface area is 194 Å². The summed E-state index contributed by atoms with van der Waals surface area (Å²) in [4.78, 5) is 22.6. The van der Waals surface area contributed by atoms with Crippen molar-refractivity contribution in [3.05, 3.63) is 99.8 Å². The molecule has 0 unspecified atom stereocenters. The first kappa shape index (κ1) is 22.5. The highest BCUT2D eigenvalue weighted by Gasteiger charge is 2.12. The largest absolute Gasteiger partial charge is 0.494 e. The van der Waals surface area contributed by atoms with E-state index in [4.69, 9.17) is 13.9 Å². The summed E-state index contributed by atoms with van der Waals surface area (Å²) in [6.45, 7) is 2.74. The van der Waals surface area contributed by atoms with Gasteiger partial charge in [-0.05, 0) is 78.7 Å². The Morgan fingerprint density at radius 1 is 1.03 bits per heavy atom. The fourth-order valence-electron chi connectivity index (χ4n) is 3.14. The normalized spacial score (nSPS) is 11.0. The first-order valence-electron chi connectivity index (χ1n) is 10.5. The van der Waals surface area contributed by atoms with Crippen LogP contribution in [-0.4, -0.2) is 23.7 Å². The van der Waals surface area contributed by atoms with Crippen molar-refractivity contribution in [1.29, 1.82) is 0 Å². The number of hydrogen-bond donors (Lipinski definition) is 1. The maximum atomic E-state index is 12.3. The molecule has 3 aromatic carbocycles. The number of nitrogens with zero attached hydrogens (tertiary/aromatic N) is 2. The molecule has 0 fully saturated rings. The summed E-state index contributed by atoms with van der Waals surface area (Å²) < 4.78 is 16.7. The highest BCUT2D eigenvalue weighted by Crippen LogP contribution is 2.24. The summed E-state index contributed by atoms with van der Waals surface area (Å²) in [5, 5.41) is 15.5. The minimum absolute atomic E-state index is 0.0375. The third-order valence-electron chi connectivity index (χ3n) is 4.84. The molecule has 0 aliphatic heterocycles. The van der Waals surface area contributed by atoms with E-state index in [1.165, 1.54) is 18.3 Å². The first-order valence-corrected chi connectivity index (χ1v) is 10.5. The Bertz CT molecular complexity index is 1330. The van der Waals surface area contributed by atoms with Gasteiger partial charge < -0.3 is 13.9 Å². The topological polar surface area (TPSA) is 116 Å². The zero-order chi connectivity index (χ0) is 23.9. The number of rotatable bonds is 9. The van der Waals surface area contributed by atoms with Gasteiger partial charge in [-0.25, -0.2) is 5.43 Å². The SMILES string of the molecule is CCOc1ccc2oc(C(=O)N/N=C/c3ccc(OCc4ccc([N+](=O)[O-])cc4)cc3)cc2c1. The molecule has 0 saturated carbocycles. The molecule has 0 atom stereocenters. The molecule has 9 nitrogen and oxygen atoms in total. The summed E-state index contributed by atoms with van der Waals surface area (Å²) in [5.74, 6) is 1.03. The predicted molar refractivity (Wildman–Crippen MR) is 126 cm³/mol. The molecule has 1 N–H and O–H groups in total. The molecule has 34 heavy (non-hydrogen) atoms. The van der Waals surface area contributed by atoms with Crippen molar-refractivity contribution >= 4 is 28.8 Å². The summed E-state index contributed by atoms with van der Waals surface area (Å²) in [7, 11) is 0. The van der Waals surface area contributed by atoms with Gasteiger partial charge in [0, 0.05) is 17.5 Å².